The van der Waals surface area contributed by atoms with Crippen LogP contribution < -0.4 is 11.1 Å². The Morgan fingerprint density at radius 3 is 2.35 bits per heavy atom. The lowest BCUT2D eigenvalue weighted by Gasteiger charge is -2.21. The number of anilines is 3. The molecule has 0 bridgehead atoms. The van der Waals surface area contributed by atoms with Crippen molar-refractivity contribution in [2.45, 2.75) is 30.3 Å². The van der Waals surface area contributed by atoms with E-state index in [1.165, 1.54) is 11.8 Å². The molecule has 4 aromatic rings. The fourth-order valence-electron chi connectivity index (χ4n) is 3.20. The standard InChI is InChI=1S/C23H26ClN9S/c1-14(32(3)4)20-30-31-23(33(20)18-12-10-16(24)11-13-18)34-15(2)19-27-21(25)29-22(28-19)26-17-8-6-5-7-9-17/h5-15H,1-4H3,(H3,25,26,27,28,29). The highest BCUT2D eigenvalue weighted by molar-refractivity contribution is 7.99. The Hall–Kier alpha value is -3.21. The van der Waals surface area contributed by atoms with E-state index in [2.05, 4.69) is 42.3 Å². The van der Waals surface area contributed by atoms with E-state index in [4.69, 9.17) is 17.3 Å². The number of para-hydroxylation sites is 1. The molecule has 0 aliphatic heterocycles. The van der Waals surface area contributed by atoms with Crippen LogP contribution in [-0.4, -0.2) is 48.7 Å². The number of nitrogens with one attached hydrogen (secondary N) is 1. The Balaban J connectivity index is 1.65. The van der Waals surface area contributed by atoms with Crippen molar-refractivity contribution in [1.82, 2.24) is 34.6 Å². The van der Waals surface area contributed by atoms with Crippen LogP contribution in [0.15, 0.2) is 59.8 Å². The third-order valence-electron chi connectivity index (χ3n) is 5.24. The highest BCUT2D eigenvalue weighted by Crippen LogP contribution is 2.36. The van der Waals surface area contributed by atoms with Gasteiger partial charge in [-0.25, -0.2) is 0 Å². The third-order valence-corrected chi connectivity index (χ3v) is 6.53. The van der Waals surface area contributed by atoms with Crippen LogP contribution >= 0.6 is 23.4 Å². The first-order valence-corrected chi connectivity index (χ1v) is 12.0. The molecule has 0 fully saturated rings. The monoisotopic (exact) mass is 495 g/mol. The number of nitrogen functional groups attached to an aromatic ring is 1. The van der Waals surface area contributed by atoms with Crippen molar-refractivity contribution in [3.05, 3.63) is 71.3 Å². The second-order valence-electron chi connectivity index (χ2n) is 7.92. The summed E-state index contributed by atoms with van der Waals surface area (Å²) in [5.41, 5.74) is 7.78. The minimum absolute atomic E-state index is 0.0438. The van der Waals surface area contributed by atoms with Crippen LogP contribution in [-0.2, 0) is 0 Å². The normalized spacial score (nSPS) is 13.1. The van der Waals surface area contributed by atoms with E-state index in [1.54, 1.807) is 0 Å². The summed E-state index contributed by atoms with van der Waals surface area (Å²) in [4.78, 5) is 15.3. The molecule has 0 saturated carbocycles. The van der Waals surface area contributed by atoms with Gasteiger partial charge in [-0.05, 0) is 64.3 Å². The van der Waals surface area contributed by atoms with Gasteiger partial charge in [0.15, 0.2) is 11.0 Å². The Bertz CT molecular complexity index is 1250. The van der Waals surface area contributed by atoms with E-state index in [-0.39, 0.29) is 17.2 Å². The zero-order chi connectivity index (χ0) is 24.2. The number of nitrogens with two attached hydrogens (primary N) is 1. The quantitative estimate of drug-likeness (QED) is 0.329. The molecule has 176 valence electrons. The molecule has 0 radical (unpaired) electrons. The van der Waals surface area contributed by atoms with E-state index < -0.39 is 0 Å². The number of benzene rings is 2. The first kappa shape index (κ1) is 23.9. The van der Waals surface area contributed by atoms with Crippen molar-refractivity contribution < 1.29 is 0 Å². The van der Waals surface area contributed by atoms with Crippen LogP contribution in [0.4, 0.5) is 17.6 Å². The fraction of sp³-hybridized carbons (Fsp3) is 0.261. The van der Waals surface area contributed by atoms with Gasteiger partial charge in [0.05, 0.1) is 11.3 Å². The molecule has 9 nitrogen and oxygen atoms in total. The Morgan fingerprint density at radius 1 is 0.971 bits per heavy atom. The average molecular weight is 496 g/mol. The topological polar surface area (TPSA) is 111 Å². The number of hydrogen-bond donors (Lipinski definition) is 2. The molecule has 11 heteroatoms. The van der Waals surface area contributed by atoms with Crippen LogP contribution in [0.1, 0.15) is 36.8 Å². The van der Waals surface area contributed by atoms with Crippen LogP contribution in [0.3, 0.4) is 0 Å². The van der Waals surface area contributed by atoms with Crippen molar-refractivity contribution in [2.75, 3.05) is 25.1 Å². The molecule has 2 unspecified atom stereocenters. The van der Waals surface area contributed by atoms with E-state index in [0.717, 1.165) is 22.4 Å². The van der Waals surface area contributed by atoms with Gasteiger partial charge in [-0.15, -0.1) is 10.2 Å². The molecule has 3 N–H and O–H groups in total. The lowest BCUT2D eigenvalue weighted by molar-refractivity contribution is 0.305. The fourth-order valence-corrected chi connectivity index (χ4v) is 4.25. The zero-order valence-electron chi connectivity index (χ0n) is 19.3. The largest absolute Gasteiger partial charge is 0.368 e. The van der Waals surface area contributed by atoms with Gasteiger partial charge in [-0.1, -0.05) is 41.6 Å². The molecule has 2 heterocycles. The number of aromatic nitrogens is 6. The SMILES string of the molecule is CC(Sc1nnc(C(C)N(C)C)n1-c1ccc(Cl)cc1)c1nc(N)nc(Nc2ccccc2)n1. The number of thioether (sulfide) groups is 1. The molecule has 0 spiro atoms. The molecule has 0 aliphatic carbocycles. The summed E-state index contributed by atoms with van der Waals surface area (Å²) in [6, 6.07) is 17.3. The predicted octanol–water partition coefficient (Wildman–Crippen LogP) is 4.91. The van der Waals surface area contributed by atoms with Gasteiger partial charge in [0.2, 0.25) is 11.9 Å². The molecule has 2 atom stereocenters. The maximum Gasteiger partial charge on any atom is 0.232 e. The molecule has 0 aliphatic rings. The summed E-state index contributed by atoms with van der Waals surface area (Å²) in [6.07, 6.45) is 0. The summed E-state index contributed by atoms with van der Waals surface area (Å²) in [5.74, 6) is 1.91. The number of hydrogen-bond acceptors (Lipinski definition) is 9. The molecule has 4 rings (SSSR count). The van der Waals surface area contributed by atoms with Crippen molar-refractivity contribution >= 4 is 40.9 Å². The molecule has 2 aromatic carbocycles. The van der Waals surface area contributed by atoms with E-state index in [1.807, 2.05) is 80.2 Å². The number of halogens is 1. The second-order valence-corrected chi connectivity index (χ2v) is 9.66. The van der Waals surface area contributed by atoms with Crippen LogP contribution in [0, 0.1) is 0 Å². The average Bonchev–Trinajstić information content (AvgIpc) is 3.22. The van der Waals surface area contributed by atoms with Gasteiger partial charge in [0.1, 0.15) is 5.82 Å². The van der Waals surface area contributed by atoms with Crippen LogP contribution in [0.2, 0.25) is 5.02 Å². The summed E-state index contributed by atoms with van der Waals surface area (Å²) >= 11 is 7.62. The zero-order valence-corrected chi connectivity index (χ0v) is 20.9. The molecular weight excluding hydrogens is 470 g/mol. The number of nitrogens with zero attached hydrogens (tertiary/aromatic N) is 7. The van der Waals surface area contributed by atoms with Crippen LogP contribution in [0.5, 0.6) is 0 Å². The van der Waals surface area contributed by atoms with Crippen LogP contribution in [0.25, 0.3) is 5.69 Å². The summed E-state index contributed by atoms with van der Waals surface area (Å²) in [7, 11) is 4.02. The molecule has 0 saturated heterocycles. The Labute approximate surface area is 207 Å². The maximum atomic E-state index is 6.12. The number of rotatable bonds is 8. The van der Waals surface area contributed by atoms with E-state index >= 15 is 0 Å². The Kier molecular flexibility index (Phi) is 7.30. The van der Waals surface area contributed by atoms with Crippen molar-refractivity contribution in [1.29, 1.82) is 0 Å². The summed E-state index contributed by atoms with van der Waals surface area (Å²) < 4.78 is 2.04. The molecule has 34 heavy (non-hydrogen) atoms. The van der Waals surface area contributed by atoms with Gasteiger partial charge in [0, 0.05) is 16.4 Å². The lowest BCUT2D eigenvalue weighted by atomic mass is 10.2. The van der Waals surface area contributed by atoms with Gasteiger partial charge in [-0.3, -0.25) is 9.47 Å². The highest BCUT2D eigenvalue weighted by atomic mass is 35.5. The first-order chi connectivity index (χ1) is 16.3. The van der Waals surface area contributed by atoms with Gasteiger partial charge >= 0.3 is 0 Å². The molecule has 2 aromatic heterocycles. The van der Waals surface area contributed by atoms with Gasteiger partial charge in [0.25, 0.3) is 0 Å². The van der Waals surface area contributed by atoms with Crippen molar-refractivity contribution in [3.8, 4) is 5.69 Å². The van der Waals surface area contributed by atoms with E-state index in [9.17, 15) is 0 Å². The maximum absolute atomic E-state index is 6.12. The lowest BCUT2D eigenvalue weighted by Crippen LogP contribution is -2.20. The molecule has 0 amide bonds. The minimum atomic E-state index is -0.167. The smallest absolute Gasteiger partial charge is 0.232 e. The predicted molar refractivity (Wildman–Crippen MR) is 137 cm³/mol. The minimum Gasteiger partial charge on any atom is -0.368 e. The van der Waals surface area contributed by atoms with Crippen molar-refractivity contribution in [2.24, 2.45) is 0 Å². The summed E-state index contributed by atoms with van der Waals surface area (Å²) in [6.45, 7) is 4.09. The first-order valence-electron chi connectivity index (χ1n) is 10.7. The second kappa shape index (κ2) is 10.4. The van der Waals surface area contributed by atoms with E-state index in [0.29, 0.717) is 16.8 Å². The van der Waals surface area contributed by atoms with Gasteiger partial charge in [-0.2, -0.15) is 15.0 Å². The summed E-state index contributed by atoms with van der Waals surface area (Å²) in [5, 5.41) is 13.4. The van der Waals surface area contributed by atoms with Crippen molar-refractivity contribution in [3.63, 3.8) is 0 Å². The highest BCUT2D eigenvalue weighted by Gasteiger charge is 2.24. The Morgan fingerprint density at radius 2 is 1.68 bits per heavy atom. The third kappa shape index (κ3) is 5.46. The van der Waals surface area contributed by atoms with Gasteiger partial charge < -0.3 is 11.1 Å². The molecular formula is C23H26ClN9S.